The summed E-state index contributed by atoms with van der Waals surface area (Å²) in [7, 11) is 0. The van der Waals surface area contributed by atoms with E-state index in [0.29, 0.717) is 5.95 Å². The van der Waals surface area contributed by atoms with Crippen molar-refractivity contribution in [3.8, 4) is 22.9 Å². The van der Waals surface area contributed by atoms with Crippen molar-refractivity contribution in [3.05, 3.63) is 182 Å². The molecule has 0 fully saturated rings. The monoisotopic (exact) mass is 742 g/mol. The average Bonchev–Trinajstić information content (AvgIpc) is 3.91. The number of fused-ring (bicyclic) bond motifs is 12. The highest BCUT2D eigenvalue weighted by Crippen LogP contribution is 2.44. The molecule has 0 atom stereocenters. The fourth-order valence-electron chi connectivity index (χ4n) is 9.37. The molecule has 4 heterocycles. The first-order valence-electron chi connectivity index (χ1n) is 19.3. The maximum Gasteiger partial charge on any atom is 0.235 e. The number of para-hydroxylation sites is 3. The Bertz CT molecular complexity index is 3830. The van der Waals surface area contributed by atoms with Crippen LogP contribution in [0, 0.1) is 0 Å². The van der Waals surface area contributed by atoms with Gasteiger partial charge in [-0.05, 0) is 64.7 Å². The minimum atomic E-state index is 0.654. The molecule has 57 heavy (non-hydrogen) atoms. The fraction of sp³-hybridized carbons (Fsp3) is 0. The molecule has 0 unspecified atom stereocenters. The Labute approximate surface area is 330 Å². The van der Waals surface area contributed by atoms with Crippen molar-refractivity contribution in [1.82, 2.24) is 19.1 Å². The fourth-order valence-corrected chi connectivity index (χ4v) is 10.5. The van der Waals surface area contributed by atoms with Gasteiger partial charge in [0.2, 0.25) is 5.95 Å². The van der Waals surface area contributed by atoms with E-state index in [1.165, 1.54) is 63.5 Å². The van der Waals surface area contributed by atoms with E-state index in [1.54, 1.807) is 0 Å². The lowest BCUT2D eigenvalue weighted by Crippen LogP contribution is -2.04. The highest BCUT2D eigenvalue weighted by molar-refractivity contribution is 7.25. The van der Waals surface area contributed by atoms with Crippen LogP contribution in [0.1, 0.15) is 0 Å². The van der Waals surface area contributed by atoms with E-state index in [0.717, 1.165) is 49.7 Å². The lowest BCUT2D eigenvalue weighted by Gasteiger charge is -2.16. The summed E-state index contributed by atoms with van der Waals surface area (Å²) in [6.45, 7) is 0. The van der Waals surface area contributed by atoms with Gasteiger partial charge in [0, 0.05) is 58.1 Å². The van der Waals surface area contributed by atoms with Crippen LogP contribution in [0.5, 0.6) is 0 Å². The predicted molar refractivity (Wildman–Crippen MR) is 242 cm³/mol. The molecular weight excluding hydrogens is 713 g/mol. The molecule has 4 nitrogen and oxygen atoms in total. The van der Waals surface area contributed by atoms with E-state index in [2.05, 4.69) is 191 Å². The average molecular weight is 743 g/mol. The Balaban J connectivity index is 1.16. The number of benzene rings is 9. The van der Waals surface area contributed by atoms with Gasteiger partial charge in [-0.1, -0.05) is 133 Å². The Morgan fingerprint density at radius 1 is 0.368 bits per heavy atom. The minimum Gasteiger partial charge on any atom is -0.308 e. The van der Waals surface area contributed by atoms with E-state index in [-0.39, 0.29) is 0 Å². The standard InChI is InChI=1S/C52H30N4S/c1-2-14-32-28-45-41(27-31(32)13-1)36-17-6-10-22-43(36)55(45)51-35-16-4-3-15-33(35)29-46-49(51)40-20-7-11-23-44(40)56(46)52-53-42-21-9-5-19-39(42)50(54-52)34-25-26-38-37-18-8-12-24-47(37)57-48(38)30-34/h1-30H. The van der Waals surface area contributed by atoms with Gasteiger partial charge in [-0.2, -0.15) is 0 Å². The molecule has 13 aromatic rings. The first-order chi connectivity index (χ1) is 28.3. The molecule has 0 aliphatic heterocycles. The van der Waals surface area contributed by atoms with Crippen LogP contribution in [0.3, 0.4) is 0 Å². The summed E-state index contributed by atoms with van der Waals surface area (Å²) in [4.78, 5) is 10.9. The molecule has 5 heteroatoms. The molecule has 0 N–H and O–H groups in total. The van der Waals surface area contributed by atoms with Crippen LogP contribution in [0.4, 0.5) is 0 Å². The number of aromatic nitrogens is 4. The van der Waals surface area contributed by atoms with Crippen molar-refractivity contribution < 1.29 is 0 Å². The van der Waals surface area contributed by atoms with Crippen LogP contribution in [-0.2, 0) is 0 Å². The summed E-state index contributed by atoms with van der Waals surface area (Å²) in [6, 6.07) is 66.0. The Hall–Kier alpha value is -7.34. The molecule has 264 valence electrons. The second-order valence-electron chi connectivity index (χ2n) is 15.0. The zero-order valence-corrected chi connectivity index (χ0v) is 31.3. The van der Waals surface area contributed by atoms with Crippen LogP contribution in [0.15, 0.2) is 182 Å². The first kappa shape index (κ1) is 30.9. The highest BCUT2D eigenvalue weighted by Gasteiger charge is 2.24. The summed E-state index contributed by atoms with van der Waals surface area (Å²) in [5, 5.41) is 13.2. The van der Waals surface area contributed by atoms with E-state index < -0.39 is 0 Å². The Morgan fingerprint density at radius 3 is 1.82 bits per heavy atom. The molecule has 0 radical (unpaired) electrons. The lowest BCUT2D eigenvalue weighted by atomic mass is 10.0. The molecule has 0 saturated carbocycles. The first-order valence-corrected chi connectivity index (χ1v) is 20.1. The van der Waals surface area contributed by atoms with Crippen molar-refractivity contribution >= 4 is 108 Å². The summed E-state index contributed by atoms with van der Waals surface area (Å²) >= 11 is 1.83. The van der Waals surface area contributed by atoms with Crippen LogP contribution in [0.2, 0.25) is 0 Å². The molecule has 9 aromatic carbocycles. The van der Waals surface area contributed by atoms with Gasteiger partial charge in [-0.15, -0.1) is 11.3 Å². The number of hydrogen-bond acceptors (Lipinski definition) is 3. The third-order valence-electron chi connectivity index (χ3n) is 11.9. The summed E-state index contributed by atoms with van der Waals surface area (Å²) in [6.07, 6.45) is 0. The van der Waals surface area contributed by atoms with E-state index in [9.17, 15) is 0 Å². The molecule has 0 bridgehead atoms. The van der Waals surface area contributed by atoms with Gasteiger partial charge in [-0.25, -0.2) is 9.97 Å². The highest BCUT2D eigenvalue weighted by atomic mass is 32.1. The third-order valence-corrected chi connectivity index (χ3v) is 13.0. The third kappa shape index (κ3) is 4.37. The van der Waals surface area contributed by atoms with Crippen LogP contribution < -0.4 is 0 Å². The second-order valence-corrected chi connectivity index (χ2v) is 16.0. The smallest absolute Gasteiger partial charge is 0.235 e. The van der Waals surface area contributed by atoms with Gasteiger partial charge in [-0.3, -0.25) is 4.57 Å². The molecular formula is C52H30N4S. The molecule has 0 aliphatic rings. The lowest BCUT2D eigenvalue weighted by molar-refractivity contribution is 1.01. The SMILES string of the molecule is c1ccc2cc3c(cc2c1)c1ccccc1n3-c1c2ccccc2cc2c1c1ccccc1n2-c1nc(-c2ccc3c(c2)sc2ccccc23)c2ccccc2n1. The summed E-state index contributed by atoms with van der Waals surface area (Å²) in [5.74, 6) is 0.654. The normalized spacial score (nSPS) is 12.2. The predicted octanol–water partition coefficient (Wildman–Crippen LogP) is 14.2. The number of thiophene rings is 1. The number of hydrogen-bond donors (Lipinski definition) is 0. The van der Waals surface area contributed by atoms with E-state index >= 15 is 0 Å². The van der Waals surface area contributed by atoms with Crippen molar-refractivity contribution in [3.63, 3.8) is 0 Å². The van der Waals surface area contributed by atoms with Crippen molar-refractivity contribution in [2.24, 2.45) is 0 Å². The van der Waals surface area contributed by atoms with Gasteiger partial charge in [0.1, 0.15) is 0 Å². The van der Waals surface area contributed by atoms with Gasteiger partial charge in [0.25, 0.3) is 0 Å². The van der Waals surface area contributed by atoms with Crippen LogP contribution in [-0.4, -0.2) is 19.1 Å². The maximum absolute atomic E-state index is 5.53. The van der Waals surface area contributed by atoms with E-state index in [1.807, 2.05) is 11.3 Å². The van der Waals surface area contributed by atoms with Crippen molar-refractivity contribution in [2.75, 3.05) is 0 Å². The quantitative estimate of drug-likeness (QED) is 0.181. The largest absolute Gasteiger partial charge is 0.308 e. The van der Waals surface area contributed by atoms with Gasteiger partial charge < -0.3 is 4.57 Å². The number of nitrogens with zero attached hydrogens (tertiary/aromatic N) is 4. The summed E-state index contributed by atoms with van der Waals surface area (Å²) < 4.78 is 7.34. The number of rotatable bonds is 3. The van der Waals surface area contributed by atoms with Crippen LogP contribution >= 0.6 is 11.3 Å². The molecule has 0 spiro atoms. The summed E-state index contributed by atoms with van der Waals surface area (Å²) in [5.41, 5.74) is 8.58. The van der Waals surface area contributed by atoms with Crippen LogP contribution in [0.25, 0.3) is 119 Å². The van der Waals surface area contributed by atoms with Crippen molar-refractivity contribution in [2.45, 2.75) is 0 Å². The molecule has 0 amide bonds. The molecule has 0 saturated heterocycles. The van der Waals surface area contributed by atoms with Gasteiger partial charge in [0.15, 0.2) is 0 Å². The Kier molecular flexibility index (Phi) is 6.29. The topological polar surface area (TPSA) is 35.6 Å². The molecule has 4 aromatic heterocycles. The maximum atomic E-state index is 5.53. The minimum absolute atomic E-state index is 0.654. The Morgan fingerprint density at radius 2 is 0.982 bits per heavy atom. The molecule has 0 aliphatic carbocycles. The van der Waals surface area contributed by atoms with E-state index in [4.69, 9.17) is 9.97 Å². The zero-order chi connectivity index (χ0) is 37.2. The zero-order valence-electron chi connectivity index (χ0n) is 30.5. The van der Waals surface area contributed by atoms with Gasteiger partial charge in [0.05, 0.1) is 39.0 Å². The van der Waals surface area contributed by atoms with Gasteiger partial charge >= 0.3 is 0 Å². The second kappa shape index (κ2) is 11.6. The van der Waals surface area contributed by atoms with Crippen molar-refractivity contribution in [1.29, 1.82) is 0 Å². The molecule has 13 rings (SSSR count).